The number of amides is 2. The summed E-state index contributed by atoms with van der Waals surface area (Å²) in [6, 6.07) is 13.2. The summed E-state index contributed by atoms with van der Waals surface area (Å²) in [5, 5.41) is 9.12. The second-order valence-electron chi connectivity index (χ2n) is 7.80. The molecule has 2 amide bonds. The maximum atomic E-state index is 13.5. The van der Waals surface area contributed by atoms with Crippen molar-refractivity contribution in [2.24, 2.45) is 0 Å². The van der Waals surface area contributed by atoms with Gasteiger partial charge >= 0.3 is 0 Å². The fourth-order valence-corrected chi connectivity index (χ4v) is 5.36. The van der Waals surface area contributed by atoms with Crippen molar-refractivity contribution in [2.45, 2.75) is 51.1 Å². The minimum atomic E-state index is -0.674. The number of aryl methyl sites for hydroxylation is 1. The molecule has 30 heavy (non-hydrogen) atoms. The van der Waals surface area contributed by atoms with Gasteiger partial charge in [0.2, 0.25) is 11.8 Å². The van der Waals surface area contributed by atoms with Gasteiger partial charge in [-0.3, -0.25) is 14.5 Å². The number of nitrogens with one attached hydrogen (secondary N) is 1. The molecule has 1 aliphatic carbocycles. The summed E-state index contributed by atoms with van der Waals surface area (Å²) in [7, 11) is 0. The third-order valence-corrected chi connectivity index (χ3v) is 7.13. The molecule has 1 saturated carbocycles. The first-order valence-corrected chi connectivity index (χ1v) is 12.2. The number of carbonyl (C=O) groups is 2. The van der Waals surface area contributed by atoms with Crippen LogP contribution in [0.15, 0.2) is 58.6 Å². The fraction of sp³-hybridized carbons (Fsp3) is 0.333. The third-order valence-electron chi connectivity index (χ3n) is 5.55. The number of carbonyl (C=O) groups excluding carboxylic acids is 2. The van der Waals surface area contributed by atoms with E-state index in [0.29, 0.717) is 0 Å². The standard InChI is InChI=1S/C24H26N2O2S2/c1-17-8-10-20(11-9-17)26(22(27)15-21-7-4-13-30-21)23(18-12-14-29-16-18)24(28)25-19-5-2-3-6-19/h4,7-14,16,19,23H,2-3,5-6,15H2,1H3,(H,25,28). The van der Waals surface area contributed by atoms with Crippen molar-refractivity contribution >= 4 is 40.2 Å². The van der Waals surface area contributed by atoms with E-state index in [9.17, 15) is 9.59 Å². The van der Waals surface area contributed by atoms with Gasteiger partial charge in [0, 0.05) is 16.6 Å². The van der Waals surface area contributed by atoms with Crippen LogP contribution in [0, 0.1) is 6.92 Å². The van der Waals surface area contributed by atoms with E-state index in [0.717, 1.165) is 47.4 Å². The minimum Gasteiger partial charge on any atom is -0.351 e. The molecule has 4 rings (SSSR count). The van der Waals surface area contributed by atoms with Gasteiger partial charge in [-0.15, -0.1) is 11.3 Å². The minimum absolute atomic E-state index is 0.0703. The highest BCUT2D eigenvalue weighted by Crippen LogP contribution is 2.31. The Kier molecular flexibility index (Phi) is 6.65. The van der Waals surface area contributed by atoms with Crippen LogP contribution in [0.5, 0.6) is 0 Å². The third kappa shape index (κ3) is 4.82. The molecule has 2 heterocycles. The lowest BCUT2D eigenvalue weighted by Gasteiger charge is -2.32. The first kappa shape index (κ1) is 20.8. The van der Waals surface area contributed by atoms with Crippen LogP contribution in [0.4, 0.5) is 5.69 Å². The Morgan fingerprint density at radius 2 is 1.87 bits per heavy atom. The van der Waals surface area contributed by atoms with E-state index in [4.69, 9.17) is 0 Å². The van der Waals surface area contributed by atoms with Gasteiger partial charge in [-0.05, 0) is 65.7 Å². The van der Waals surface area contributed by atoms with Crippen molar-refractivity contribution in [1.29, 1.82) is 0 Å². The smallest absolute Gasteiger partial charge is 0.248 e. The number of hydrogen-bond donors (Lipinski definition) is 1. The number of hydrogen-bond acceptors (Lipinski definition) is 4. The molecule has 156 valence electrons. The van der Waals surface area contributed by atoms with Crippen LogP contribution in [0.2, 0.25) is 0 Å². The van der Waals surface area contributed by atoms with Gasteiger partial charge in [-0.25, -0.2) is 0 Å². The van der Waals surface area contributed by atoms with Crippen LogP contribution in [-0.4, -0.2) is 17.9 Å². The number of anilines is 1. The molecule has 1 unspecified atom stereocenters. The summed E-state index contributed by atoms with van der Waals surface area (Å²) in [5.41, 5.74) is 2.72. The molecule has 2 aromatic heterocycles. The maximum Gasteiger partial charge on any atom is 0.248 e. The fourth-order valence-electron chi connectivity index (χ4n) is 3.99. The zero-order chi connectivity index (χ0) is 20.9. The molecule has 0 saturated heterocycles. The average molecular weight is 439 g/mol. The van der Waals surface area contributed by atoms with Gasteiger partial charge in [0.25, 0.3) is 0 Å². The molecule has 1 N–H and O–H groups in total. The maximum absolute atomic E-state index is 13.5. The number of thiophene rings is 2. The van der Waals surface area contributed by atoms with Crippen molar-refractivity contribution in [2.75, 3.05) is 4.90 Å². The highest BCUT2D eigenvalue weighted by atomic mass is 32.1. The molecule has 1 aliphatic rings. The molecular formula is C24H26N2O2S2. The largest absolute Gasteiger partial charge is 0.351 e. The summed E-state index contributed by atoms with van der Waals surface area (Å²) >= 11 is 3.11. The lowest BCUT2D eigenvalue weighted by molar-refractivity contribution is -0.126. The highest BCUT2D eigenvalue weighted by Gasteiger charge is 2.34. The molecule has 0 spiro atoms. The summed E-state index contributed by atoms with van der Waals surface area (Å²) in [5.74, 6) is -0.167. The monoisotopic (exact) mass is 438 g/mol. The van der Waals surface area contributed by atoms with Crippen LogP contribution in [0.3, 0.4) is 0 Å². The van der Waals surface area contributed by atoms with Crippen molar-refractivity contribution < 1.29 is 9.59 Å². The van der Waals surface area contributed by atoms with Gasteiger partial charge in [0.05, 0.1) is 6.42 Å². The summed E-state index contributed by atoms with van der Waals surface area (Å²) in [6.45, 7) is 2.02. The second kappa shape index (κ2) is 9.58. The molecular weight excluding hydrogens is 412 g/mol. The molecule has 0 bridgehead atoms. The lowest BCUT2D eigenvalue weighted by atomic mass is 10.0. The summed E-state index contributed by atoms with van der Waals surface area (Å²) < 4.78 is 0. The Bertz CT molecular complexity index is 959. The number of benzene rings is 1. The highest BCUT2D eigenvalue weighted by molar-refractivity contribution is 7.10. The Morgan fingerprint density at radius 3 is 2.50 bits per heavy atom. The Morgan fingerprint density at radius 1 is 1.10 bits per heavy atom. The molecule has 1 atom stereocenters. The number of nitrogens with zero attached hydrogens (tertiary/aromatic N) is 1. The van der Waals surface area contributed by atoms with Crippen LogP contribution in [0.1, 0.15) is 47.7 Å². The first-order valence-electron chi connectivity index (χ1n) is 10.4. The molecule has 0 radical (unpaired) electrons. The molecule has 6 heteroatoms. The SMILES string of the molecule is Cc1ccc(N(C(=O)Cc2cccs2)C(C(=O)NC2CCCC2)c2ccsc2)cc1. The van der Waals surface area contributed by atoms with E-state index >= 15 is 0 Å². The lowest BCUT2D eigenvalue weighted by Crippen LogP contribution is -2.46. The van der Waals surface area contributed by atoms with Crippen molar-refractivity contribution in [1.82, 2.24) is 5.32 Å². The van der Waals surface area contributed by atoms with Crippen molar-refractivity contribution in [3.05, 3.63) is 74.6 Å². The normalized spacial score (nSPS) is 15.1. The van der Waals surface area contributed by atoms with E-state index in [1.165, 1.54) is 0 Å². The van der Waals surface area contributed by atoms with Crippen molar-refractivity contribution in [3.63, 3.8) is 0 Å². The molecule has 4 nitrogen and oxygen atoms in total. The van der Waals surface area contributed by atoms with E-state index in [1.807, 2.05) is 65.5 Å². The quantitative estimate of drug-likeness (QED) is 0.530. The Balaban J connectivity index is 1.70. The van der Waals surface area contributed by atoms with Gasteiger partial charge < -0.3 is 5.32 Å². The van der Waals surface area contributed by atoms with Gasteiger partial charge in [0.15, 0.2) is 0 Å². The summed E-state index contributed by atoms with van der Waals surface area (Å²) in [4.78, 5) is 29.7. The van der Waals surface area contributed by atoms with E-state index in [1.54, 1.807) is 27.6 Å². The predicted octanol–water partition coefficient (Wildman–Crippen LogP) is 5.49. The Hall–Kier alpha value is -2.44. The van der Waals surface area contributed by atoms with E-state index < -0.39 is 6.04 Å². The van der Waals surface area contributed by atoms with Crippen molar-refractivity contribution in [3.8, 4) is 0 Å². The van der Waals surface area contributed by atoms with Crippen LogP contribution in [-0.2, 0) is 16.0 Å². The van der Waals surface area contributed by atoms with E-state index in [-0.39, 0.29) is 24.3 Å². The van der Waals surface area contributed by atoms with E-state index in [2.05, 4.69) is 5.32 Å². The topological polar surface area (TPSA) is 49.4 Å². The molecule has 3 aromatic rings. The van der Waals surface area contributed by atoms with Crippen LogP contribution in [0.25, 0.3) is 0 Å². The Labute approximate surface area is 185 Å². The molecule has 1 aromatic carbocycles. The zero-order valence-electron chi connectivity index (χ0n) is 17.0. The average Bonchev–Trinajstić information content (AvgIpc) is 3.50. The molecule has 0 aliphatic heterocycles. The van der Waals surface area contributed by atoms with Gasteiger partial charge in [0.1, 0.15) is 6.04 Å². The van der Waals surface area contributed by atoms with Gasteiger partial charge in [-0.1, -0.05) is 36.6 Å². The first-order chi connectivity index (χ1) is 14.6. The van der Waals surface area contributed by atoms with Crippen LogP contribution < -0.4 is 10.2 Å². The summed E-state index contributed by atoms with van der Waals surface area (Å²) in [6.07, 6.45) is 4.59. The molecule has 1 fully saturated rings. The number of rotatable bonds is 7. The second-order valence-corrected chi connectivity index (χ2v) is 9.62. The van der Waals surface area contributed by atoms with Gasteiger partial charge in [-0.2, -0.15) is 11.3 Å². The predicted molar refractivity (Wildman–Crippen MR) is 124 cm³/mol. The zero-order valence-corrected chi connectivity index (χ0v) is 18.7. The van der Waals surface area contributed by atoms with Crippen LogP contribution >= 0.6 is 22.7 Å².